The van der Waals surface area contributed by atoms with Crippen molar-refractivity contribution in [1.29, 1.82) is 0 Å². The Morgan fingerprint density at radius 2 is 1.55 bits per heavy atom. The summed E-state index contributed by atoms with van der Waals surface area (Å²) in [5.74, 6) is -1.40. The van der Waals surface area contributed by atoms with E-state index in [1.807, 2.05) is 24.3 Å². The quantitative estimate of drug-likeness (QED) is 0.532. The molecule has 6 nitrogen and oxygen atoms in total. The lowest BCUT2D eigenvalue weighted by Gasteiger charge is -2.28. The molecule has 3 heterocycles. The molecular formula is C21H17F2N5O. The minimum absolute atomic E-state index is 0.00434. The van der Waals surface area contributed by atoms with Gasteiger partial charge in [0.2, 0.25) is 0 Å². The van der Waals surface area contributed by atoms with Crippen molar-refractivity contribution >= 4 is 16.7 Å². The SMILES string of the molecule is Fc1cccc(F)c1-c1ncc2c(cnn2-c2ccc(N3CCOCC3)cc2)n1. The Bertz CT molecular complexity index is 1150. The van der Waals surface area contributed by atoms with Gasteiger partial charge in [-0.2, -0.15) is 5.10 Å². The molecule has 8 heteroatoms. The van der Waals surface area contributed by atoms with Crippen LogP contribution in [0.1, 0.15) is 0 Å². The number of hydrogen-bond acceptors (Lipinski definition) is 5. The van der Waals surface area contributed by atoms with Crippen molar-refractivity contribution in [2.75, 3.05) is 31.2 Å². The van der Waals surface area contributed by atoms with Crippen LogP contribution in [0.3, 0.4) is 0 Å². The third-order valence-corrected chi connectivity index (χ3v) is 4.98. The lowest BCUT2D eigenvalue weighted by atomic mass is 10.2. The highest BCUT2D eigenvalue weighted by molar-refractivity contribution is 5.77. The fourth-order valence-corrected chi connectivity index (χ4v) is 3.49. The number of anilines is 1. The summed E-state index contributed by atoms with van der Waals surface area (Å²) in [5.41, 5.74) is 2.91. The summed E-state index contributed by atoms with van der Waals surface area (Å²) in [4.78, 5) is 10.8. The number of benzene rings is 2. The molecule has 0 N–H and O–H groups in total. The number of fused-ring (bicyclic) bond motifs is 1. The maximum atomic E-state index is 14.0. The maximum absolute atomic E-state index is 14.0. The van der Waals surface area contributed by atoms with E-state index in [-0.39, 0.29) is 11.4 Å². The zero-order chi connectivity index (χ0) is 19.8. The van der Waals surface area contributed by atoms with Crippen LogP contribution in [0.2, 0.25) is 0 Å². The molecule has 1 fully saturated rings. The average molecular weight is 393 g/mol. The molecule has 1 aliphatic heterocycles. The molecule has 0 unspecified atom stereocenters. The van der Waals surface area contributed by atoms with E-state index in [0.717, 1.165) is 37.7 Å². The van der Waals surface area contributed by atoms with Crippen molar-refractivity contribution in [3.63, 3.8) is 0 Å². The van der Waals surface area contributed by atoms with Crippen LogP contribution in [0, 0.1) is 11.6 Å². The summed E-state index contributed by atoms with van der Waals surface area (Å²) in [7, 11) is 0. The fourth-order valence-electron chi connectivity index (χ4n) is 3.49. The Hall–Kier alpha value is -3.39. The van der Waals surface area contributed by atoms with E-state index in [1.165, 1.54) is 24.4 Å². The summed E-state index contributed by atoms with van der Waals surface area (Å²) in [6, 6.07) is 11.7. The summed E-state index contributed by atoms with van der Waals surface area (Å²) in [6.07, 6.45) is 3.10. The topological polar surface area (TPSA) is 56.1 Å². The van der Waals surface area contributed by atoms with Gasteiger partial charge in [-0.25, -0.2) is 23.4 Å². The first-order chi connectivity index (χ1) is 14.2. The Labute approximate surface area is 165 Å². The first-order valence-corrected chi connectivity index (χ1v) is 9.29. The van der Waals surface area contributed by atoms with E-state index in [0.29, 0.717) is 11.0 Å². The van der Waals surface area contributed by atoms with Crippen LogP contribution >= 0.6 is 0 Å². The third kappa shape index (κ3) is 3.21. The van der Waals surface area contributed by atoms with Crippen LogP contribution in [-0.4, -0.2) is 46.1 Å². The van der Waals surface area contributed by atoms with Gasteiger partial charge in [0.15, 0.2) is 5.82 Å². The normalized spacial score (nSPS) is 14.5. The molecule has 0 amide bonds. The van der Waals surface area contributed by atoms with Crippen molar-refractivity contribution < 1.29 is 13.5 Å². The first-order valence-electron chi connectivity index (χ1n) is 9.29. The molecule has 0 aliphatic carbocycles. The van der Waals surface area contributed by atoms with Crippen molar-refractivity contribution in [2.24, 2.45) is 0 Å². The molecule has 1 saturated heterocycles. The van der Waals surface area contributed by atoms with E-state index in [2.05, 4.69) is 20.0 Å². The molecule has 1 aliphatic rings. The lowest BCUT2D eigenvalue weighted by molar-refractivity contribution is 0.122. The summed E-state index contributed by atoms with van der Waals surface area (Å²) in [6.45, 7) is 3.20. The maximum Gasteiger partial charge on any atom is 0.165 e. The number of morpholine rings is 1. The van der Waals surface area contributed by atoms with Gasteiger partial charge in [0.1, 0.15) is 22.7 Å². The van der Waals surface area contributed by atoms with Crippen LogP contribution in [0.4, 0.5) is 14.5 Å². The molecular weight excluding hydrogens is 376 g/mol. The van der Waals surface area contributed by atoms with Crippen LogP contribution in [0.25, 0.3) is 28.1 Å². The van der Waals surface area contributed by atoms with Gasteiger partial charge >= 0.3 is 0 Å². The van der Waals surface area contributed by atoms with Gasteiger partial charge in [-0.3, -0.25) is 0 Å². The van der Waals surface area contributed by atoms with Crippen molar-refractivity contribution in [1.82, 2.24) is 19.7 Å². The lowest BCUT2D eigenvalue weighted by Crippen LogP contribution is -2.36. The monoisotopic (exact) mass is 393 g/mol. The van der Waals surface area contributed by atoms with E-state index in [9.17, 15) is 8.78 Å². The smallest absolute Gasteiger partial charge is 0.165 e. The number of nitrogens with zero attached hydrogens (tertiary/aromatic N) is 5. The highest BCUT2D eigenvalue weighted by atomic mass is 19.1. The number of rotatable bonds is 3. The predicted molar refractivity (Wildman–Crippen MR) is 105 cm³/mol. The fraction of sp³-hybridized carbons (Fsp3) is 0.190. The van der Waals surface area contributed by atoms with Gasteiger partial charge in [-0.05, 0) is 36.4 Å². The minimum Gasteiger partial charge on any atom is -0.378 e. The highest BCUT2D eigenvalue weighted by Gasteiger charge is 2.16. The molecule has 146 valence electrons. The largest absolute Gasteiger partial charge is 0.378 e. The number of aromatic nitrogens is 4. The van der Waals surface area contributed by atoms with Crippen molar-refractivity contribution in [3.05, 3.63) is 66.5 Å². The zero-order valence-corrected chi connectivity index (χ0v) is 15.4. The Morgan fingerprint density at radius 1 is 0.862 bits per heavy atom. The summed E-state index contributed by atoms with van der Waals surface area (Å²) in [5, 5.41) is 4.38. The number of hydrogen-bond donors (Lipinski definition) is 0. The molecule has 0 atom stereocenters. The average Bonchev–Trinajstić information content (AvgIpc) is 3.18. The molecule has 2 aromatic heterocycles. The van der Waals surface area contributed by atoms with Gasteiger partial charge < -0.3 is 9.64 Å². The van der Waals surface area contributed by atoms with Gasteiger partial charge in [0.05, 0.1) is 36.9 Å². The van der Waals surface area contributed by atoms with Crippen molar-refractivity contribution in [2.45, 2.75) is 0 Å². The van der Waals surface area contributed by atoms with E-state index >= 15 is 0 Å². The molecule has 0 bridgehead atoms. The Kier molecular flexibility index (Phi) is 4.40. The molecule has 2 aromatic carbocycles. The second-order valence-electron chi connectivity index (χ2n) is 6.73. The minimum atomic E-state index is -0.699. The zero-order valence-electron chi connectivity index (χ0n) is 15.4. The number of halogens is 2. The molecule has 5 rings (SSSR count). The van der Waals surface area contributed by atoms with Crippen LogP contribution < -0.4 is 4.90 Å². The van der Waals surface area contributed by atoms with Crippen LogP contribution in [-0.2, 0) is 4.74 Å². The Balaban J connectivity index is 1.49. The molecule has 0 spiro atoms. The third-order valence-electron chi connectivity index (χ3n) is 4.98. The highest BCUT2D eigenvalue weighted by Crippen LogP contribution is 2.26. The van der Waals surface area contributed by atoms with Gasteiger partial charge in [0.25, 0.3) is 0 Å². The summed E-state index contributed by atoms with van der Waals surface area (Å²) >= 11 is 0. The molecule has 0 saturated carbocycles. The molecule has 0 radical (unpaired) electrons. The predicted octanol–water partition coefficient (Wildman–Crippen LogP) is 3.60. The number of ether oxygens (including phenoxy) is 1. The van der Waals surface area contributed by atoms with Crippen LogP contribution in [0.15, 0.2) is 54.9 Å². The van der Waals surface area contributed by atoms with Crippen LogP contribution in [0.5, 0.6) is 0 Å². The van der Waals surface area contributed by atoms with Gasteiger partial charge in [-0.1, -0.05) is 6.07 Å². The summed E-state index contributed by atoms with van der Waals surface area (Å²) < 4.78 is 35.2. The van der Waals surface area contributed by atoms with Gasteiger partial charge in [-0.15, -0.1) is 0 Å². The molecule has 29 heavy (non-hydrogen) atoms. The van der Waals surface area contributed by atoms with Crippen molar-refractivity contribution in [3.8, 4) is 17.1 Å². The van der Waals surface area contributed by atoms with E-state index in [1.54, 1.807) is 10.9 Å². The Morgan fingerprint density at radius 3 is 2.28 bits per heavy atom. The second-order valence-corrected chi connectivity index (χ2v) is 6.73. The second kappa shape index (κ2) is 7.21. The first kappa shape index (κ1) is 17.7. The van der Waals surface area contributed by atoms with Gasteiger partial charge in [0, 0.05) is 18.8 Å². The standard InChI is InChI=1S/C21H17F2N5O/c22-16-2-1-3-17(23)20(16)21-24-13-19-18(26-21)12-25-28(19)15-6-4-14(5-7-15)27-8-10-29-11-9-27/h1-7,12-13H,8-11H2. The van der Waals surface area contributed by atoms with E-state index in [4.69, 9.17) is 4.74 Å². The van der Waals surface area contributed by atoms with E-state index < -0.39 is 11.6 Å². The molecule has 4 aromatic rings.